The summed E-state index contributed by atoms with van der Waals surface area (Å²) in [6.45, 7) is 2.71. The fourth-order valence-electron chi connectivity index (χ4n) is 4.49. The normalized spacial score (nSPS) is 13.6. The van der Waals surface area contributed by atoms with Crippen molar-refractivity contribution in [3.05, 3.63) is 82.3 Å². The van der Waals surface area contributed by atoms with Crippen LogP contribution in [-0.2, 0) is 18.3 Å². The molecule has 4 heterocycles. The zero-order chi connectivity index (χ0) is 26.1. The minimum Gasteiger partial charge on any atom is -0.382 e. The summed E-state index contributed by atoms with van der Waals surface area (Å²) in [7, 11) is 1.61. The average molecular weight is 504 g/mol. The van der Waals surface area contributed by atoms with E-state index in [1.807, 2.05) is 29.0 Å². The van der Waals surface area contributed by atoms with Gasteiger partial charge in [-0.2, -0.15) is 0 Å². The molecule has 1 amide bonds. The van der Waals surface area contributed by atoms with Gasteiger partial charge < -0.3 is 30.2 Å². The summed E-state index contributed by atoms with van der Waals surface area (Å²) >= 11 is 0. The Labute approximate surface area is 211 Å². The second-order valence-corrected chi connectivity index (χ2v) is 8.74. The van der Waals surface area contributed by atoms with Gasteiger partial charge in [-0.05, 0) is 30.3 Å². The van der Waals surface area contributed by atoms with Crippen LogP contribution in [0.25, 0.3) is 22.6 Å². The van der Waals surface area contributed by atoms with Crippen molar-refractivity contribution in [2.75, 3.05) is 36.9 Å². The van der Waals surface area contributed by atoms with Crippen LogP contribution in [0, 0.1) is 5.82 Å². The van der Waals surface area contributed by atoms with Crippen molar-refractivity contribution in [3.63, 3.8) is 0 Å². The van der Waals surface area contributed by atoms with Crippen molar-refractivity contribution in [2.24, 2.45) is 12.8 Å². The maximum Gasteiger partial charge on any atom is 0.271 e. The molecule has 1 aliphatic heterocycles. The summed E-state index contributed by atoms with van der Waals surface area (Å²) in [5.41, 5.74) is 14.3. The Bertz CT molecular complexity index is 1540. The number of hydrogen-bond donors (Lipinski definition) is 2. The third-order valence-corrected chi connectivity index (χ3v) is 6.36. The molecule has 0 unspecified atom stereocenters. The highest BCUT2D eigenvalue weighted by Crippen LogP contribution is 2.33. The molecule has 0 atom stereocenters. The second kappa shape index (κ2) is 9.86. The maximum atomic E-state index is 15.2. The number of aryl methyl sites for hydroxylation is 1. The SMILES string of the molecule is Cn1cc(-c2nc(C(N)=O)c(N)nc2-c2cccn2Cc2c(F)cccc2N2CCOCC2)ccc1=O. The molecule has 5 rings (SSSR count). The minimum atomic E-state index is -0.820. The lowest BCUT2D eigenvalue weighted by Gasteiger charge is -2.31. The van der Waals surface area contributed by atoms with Gasteiger partial charge in [0.1, 0.15) is 17.2 Å². The molecule has 4 N–H and O–H groups in total. The summed E-state index contributed by atoms with van der Waals surface area (Å²) in [4.78, 5) is 35.0. The summed E-state index contributed by atoms with van der Waals surface area (Å²) in [6.07, 6.45) is 3.41. The number of primary amides is 1. The Hall–Kier alpha value is -4.51. The van der Waals surface area contributed by atoms with Gasteiger partial charge in [0.25, 0.3) is 5.91 Å². The number of carbonyl (C=O) groups excluding carboxylic acids is 1. The number of benzene rings is 1. The molecule has 0 bridgehead atoms. The monoisotopic (exact) mass is 503 g/mol. The molecule has 11 heteroatoms. The number of aromatic nitrogens is 4. The molecule has 10 nitrogen and oxygen atoms in total. The van der Waals surface area contributed by atoms with E-state index in [2.05, 4.69) is 14.9 Å². The van der Waals surface area contributed by atoms with Gasteiger partial charge in [-0.1, -0.05) is 6.07 Å². The number of nitrogens with zero attached hydrogens (tertiary/aromatic N) is 5. The van der Waals surface area contributed by atoms with E-state index in [4.69, 9.17) is 16.2 Å². The van der Waals surface area contributed by atoms with Crippen molar-refractivity contribution in [1.29, 1.82) is 0 Å². The van der Waals surface area contributed by atoms with Gasteiger partial charge in [0, 0.05) is 55.4 Å². The van der Waals surface area contributed by atoms with E-state index in [9.17, 15) is 9.59 Å². The third-order valence-electron chi connectivity index (χ3n) is 6.36. The first-order valence-electron chi connectivity index (χ1n) is 11.7. The Balaban J connectivity index is 1.63. The second-order valence-electron chi connectivity index (χ2n) is 8.74. The lowest BCUT2D eigenvalue weighted by Crippen LogP contribution is -2.37. The summed E-state index contributed by atoms with van der Waals surface area (Å²) in [5, 5.41) is 0. The Kier molecular flexibility index (Phi) is 6.45. The number of halogens is 1. The van der Waals surface area contributed by atoms with E-state index in [1.54, 1.807) is 25.4 Å². The maximum absolute atomic E-state index is 15.2. The van der Waals surface area contributed by atoms with Gasteiger partial charge in [0.15, 0.2) is 11.5 Å². The Morgan fingerprint density at radius 2 is 1.86 bits per heavy atom. The van der Waals surface area contributed by atoms with Crippen LogP contribution in [0.15, 0.2) is 59.7 Å². The molecular weight excluding hydrogens is 477 g/mol. The van der Waals surface area contributed by atoms with Crippen LogP contribution in [0.5, 0.6) is 0 Å². The van der Waals surface area contributed by atoms with Crippen molar-refractivity contribution in [3.8, 4) is 22.6 Å². The first-order chi connectivity index (χ1) is 17.8. The quantitative estimate of drug-likeness (QED) is 0.411. The zero-order valence-electron chi connectivity index (χ0n) is 20.2. The fraction of sp³-hybridized carbons (Fsp3) is 0.231. The predicted octanol–water partition coefficient (Wildman–Crippen LogP) is 2.02. The van der Waals surface area contributed by atoms with Crippen LogP contribution in [0.2, 0.25) is 0 Å². The first kappa shape index (κ1) is 24.2. The number of nitrogen functional groups attached to an aromatic ring is 1. The first-order valence-corrected chi connectivity index (χ1v) is 11.7. The van der Waals surface area contributed by atoms with Crippen LogP contribution >= 0.6 is 0 Å². The molecule has 1 fully saturated rings. The Morgan fingerprint density at radius 1 is 1.08 bits per heavy atom. The van der Waals surface area contributed by atoms with Gasteiger partial charge >= 0.3 is 0 Å². The number of carbonyl (C=O) groups is 1. The van der Waals surface area contributed by atoms with Crippen molar-refractivity contribution < 1.29 is 13.9 Å². The Morgan fingerprint density at radius 3 is 2.59 bits per heavy atom. The minimum absolute atomic E-state index is 0.122. The number of anilines is 2. The average Bonchev–Trinajstić information content (AvgIpc) is 3.35. The van der Waals surface area contributed by atoms with Crippen molar-refractivity contribution in [2.45, 2.75) is 6.54 Å². The number of rotatable bonds is 6. The highest BCUT2D eigenvalue weighted by molar-refractivity contribution is 5.96. The van der Waals surface area contributed by atoms with Gasteiger partial charge in [0.05, 0.1) is 25.5 Å². The molecule has 37 heavy (non-hydrogen) atoms. The highest BCUT2D eigenvalue weighted by Gasteiger charge is 2.23. The van der Waals surface area contributed by atoms with E-state index in [0.29, 0.717) is 54.5 Å². The number of ether oxygens (including phenoxy) is 1. The van der Waals surface area contributed by atoms with E-state index >= 15 is 4.39 Å². The van der Waals surface area contributed by atoms with E-state index in [0.717, 1.165) is 5.69 Å². The van der Waals surface area contributed by atoms with Crippen LogP contribution in [-0.4, -0.2) is 51.3 Å². The summed E-state index contributed by atoms with van der Waals surface area (Å²) in [6, 6.07) is 11.7. The third kappa shape index (κ3) is 4.68. The van der Waals surface area contributed by atoms with Crippen LogP contribution in [0.4, 0.5) is 15.9 Å². The van der Waals surface area contributed by atoms with E-state index < -0.39 is 5.91 Å². The summed E-state index contributed by atoms with van der Waals surface area (Å²) < 4.78 is 23.9. The lowest BCUT2D eigenvalue weighted by atomic mass is 10.1. The number of nitrogens with two attached hydrogens (primary N) is 2. The smallest absolute Gasteiger partial charge is 0.271 e. The largest absolute Gasteiger partial charge is 0.382 e. The standard InChI is InChI=1S/C26H26FN7O3/c1-32-14-16(7-8-21(32)35)22-23(31-25(28)24(30-22)26(29)36)20-6-3-9-34(20)15-17-18(27)4-2-5-19(17)33-10-12-37-13-11-33/h2-9,14H,10-13,15H2,1H3,(H2,28,31)(H2,29,36). The topological polar surface area (TPSA) is 134 Å². The van der Waals surface area contributed by atoms with Gasteiger partial charge in [0.2, 0.25) is 5.56 Å². The predicted molar refractivity (Wildman–Crippen MR) is 138 cm³/mol. The van der Waals surface area contributed by atoms with Crippen LogP contribution in [0.3, 0.4) is 0 Å². The summed E-state index contributed by atoms with van der Waals surface area (Å²) in [5.74, 6) is -1.26. The van der Waals surface area contributed by atoms with Crippen LogP contribution < -0.4 is 21.9 Å². The number of hydrogen-bond acceptors (Lipinski definition) is 7. The number of pyridine rings is 1. The van der Waals surface area contributed by atoms with Crippen molar-refractivity contribution in [1.82, 2.24) is 19.1 Å². The number of morpholine rings is 1. The number of amides is 1. The molecule has 0 aliphatic carbocycles. The van der Waals surface area contributed by atoms with Crippen LogP contribution in [0.1, 0.15) is 16.1 Å². The molecule has 0 spiro atoms. The highest BCUT2D eigenvalue weighted by atomic mass is 19.1. The van der Waals surface area contributed by atoms with Gasteiger partial charge in [-0.25, -0.2) is 14.4 Å². The lowest BCUT2D eigenvalue weighted by molar-refractivity contribution is 0.0996. The van der Waals surface area contributed by atoms with E-state index in [-0.39, 0.29) is 29.4 Å². The molecule has 190 valence electrons. The van der Waals surface area contributed by atoms with Crippen molar-refractivity contribution >= 4 is 17.4 Å². The molecule has 3 aromatic heterocycles. The molecular formula is C26H26FN7O3. The molecule has 1 aliphatic rings. The molecule has 0 radical (unpaired) electrons. The zero-order valence-corrected chi connectivity index (χ0v) is 20.2. The molecule has 4 aromatic rings. The fourth-order valence-corrected chi connectivity index (χ4v) is 4.49. The molecule has 0 saturated carbocycles. The molecule has 1 aromatic carbocycles. The van der Waals surface area contributed by atoms with Gasteiger partial charge in [-0.3, -0.25) is 9.59 Å². The van der Waals surface area contributed by atoms with E-state index in [1.165, 1.54) is 16.7 Å². The van der Waals surface area contributed by atoms with Gasteiger partial charge in [-0.15, -0.1) is 0 Å². The molecule has 1 saturated heterocycles.